The van der Waals surface area contributed by atoms with Crippen LogP contribution in [0.2, 0.25) is 0 Å². The van der Waals surface area contributed by atoms with Crippen LogP contribution in [0.3, 0.4) is 0 Å². The van der Waals surface area contributed by atoms with Gasteiger partial charge in [-0.05, 0) is 74.0 Å². The van der Waals surface area contributed by atoms with Crippen molar-refractivity contribution in [1.82, 2.24) is 24.8 Å². The van der Waals surface area contributed by atoms with Crippen molar-refractivity contribution in [3.8, 4) is 16.8 Å². The molecule has 44 heavy (non-hydrogen) atoms. The number of pyridine rings is 1. The lowest BCUT2D eigenvalue weighted by molar-refractivity contribution is 0.0523. The molecule has 0 bridgehead atoms. The highest BCUT2D eigenvalue weighted by Gasteiger charge is 2.20. The predicted molar refractivity (Wildman–Crippen MR) is 175 cm³/mol. The maximum absolute atomic E-state index is 14.5. The first-order chi connectivity index (χ1) is 21.2. The zero-order chi connectivity index (χ0) is 30.8. The largest absolute Gasteiger partial charge is 0.444 e. The molecule has 0 saturated heterocycles. The van der Waals surface area contributed by atoms with Gasteiger partial charge in [-0.25, -0.2) is 19.7 Å². The Morgan fingerprint density at radius 2 is 1.77 bits per heavy atom. The van der Waals surface area contributed by atoms with Crippen LogP contribution in [-0.2, 0) is 11.3 Å². The molecule has 2 N–H and O–H groups in total. The van der Waals surface area contributed by atoms with E-state index in [0.717, 1.165) is 38.3 Å². The summed E-state index contributed by atoms with van der Waals surface area (Å²) in [5.41, 5.74) is 5.84. The number of hydrogen-bond donors (Lipinski definition) is 2. The Bertz CT molecular complexity index is 2030. The van der Waals surface area contributed by atoms with Crippen molar-refractivity contribution < 1.29 is 9.53 Å². The van der Waals surface area contributed by atoms with E-state index in [-0.39, 0.29) is 11.6 Å². The van der Waals surface area contributed by atoms with Crippen LogP contribution in [0.1, 0.15) is 45.0 Å². The lowest BCUT2D eigenvalue weighted by Gasteiger charge is -2.22. The van der Waals surface area contributed by atoms with Gasteiger partial charge in [0.25, 0.3) is 5.56 Å². The molecule has 0 aliphatic carbocycles. The molecular weight excluding hydrogens is 572 g/mol. The number of carbonyl (C=O) groups excluding carboxylic acids is 1. The number of rotatable bonds is 7. The Balaban J connectivity index is 1.43. The second-order valence-electron chi connectivity index (χ2n) is 11.5. The molecule has 0 saturated carbocycles. The van der Waals surface area contributed by atoms with Gasteiger partial charge in [-0.2, -0.15) is 0 Å². The van der Waals surface area contributed by atoms with E-state index in [2.05, 4.69) is 31.7 Å². The highest BCUT2D eigenvalue weighted by molar-refractivity contribution is 7.16. The fourth-order valence-electron chi connectivity index (χ4n) is 5.20. The highest BCUT2D eigenvalue weighted by Crippen LogP contribution is 2.31. The number of thiazole rings is 1. The molecule has 3 aromatic heterocycles. The molecule has 9 nitrogen and oxygen atoms in total. The SMILES string of the molecule is CC(Nc1ncnc2scnc12)c1cc2cccc(-c3cccc(CNC(=O)OC(C)(C)C)c3)c2c(=O)n1-c1ccccc1. The lowest BCUT2D eigenvalue weighted by Crippen LogP contribution is -2.32. The summed E-state index contributed by atoms with van der Waals surface area (Å²) in [7, 11) is 0. The number of amides is 1. The number of nitrogens with zero attached hydrogens (tertiary/aromatic N) is 4. The van der Waals surface area contributed by atoms with E-state index in [1.54, 1.807) is 10.1 Å². The van der Waals surface area contributed by atoms with Crippen molar-refractivity contribution in [3.63, 3.8) is 0 Å². The van der Waals surface area contributed by atoms with Gasteiger partial charge in [0.1, 0.15) is 22.3 Å². The molecule has 3 heterocycles. The number of nitrogens with one attached hydrogen (secondary N) is 2. The Morgan fingerprint density at radius 1 is 0.977 bits per heavy atom. The highest BCUT2D eigenvalue weighted by atomic mass is 32.1. The molecule has 0 radical (unpaired) electrons. The third-order valence-electron chi connectivity index (χ3n) is 7.10. The molecular formula is C34H32N6O3S. The molecule has 0 spiro atoms. The summed E-state index contributed by atoms with van der Waals surface area (Å²) in [6, 6.07) is 25.1. The minimum absolute atomic E-state index is 0.133. The van der Waals surface area contributed by atoms with Crippen LogP contribution in [-0.4, -0.2) is 31.2 Å². The molecule has 1 unspecified atom stereocenters. The third-order valence-corrected chi connectivity index (χ3v) is 7.83. The summed E-state index contributed by atoms with van der Waals surface area (Å²) in [5, 5.41) is 7.71. The van der Waals surface area contributed by atoms with E-state index in [0.29, 0.717) is 23.3 Å². The number of hydrogen-bond acceptors (Lipinski definition) is 8. The maximum atomic E-state index is 14.5. The molecule has 1 atom stereocenters. The van der Waals surface area contributed by atoms with Crippen molar-refractivity contribution in [2.24, 2.45) is 0 Å². The zero-order valence-electron chi connectivity index (χ0n) is 24.9. The molecule has 0 fully saturated rings. The predicted octanol–water partition coefficient (Wildman–Crippen LogP) is 7.26. The summed E-state index contributed by atoms with van der Waals surface area (Å²) in [4.78, 5) is 40.7. The number of alkyl carbamates (subject to hydrolysis) is 1. The van der Waals surface area contributed by atoms with E-state index in [1.807, 2.05) is 100 Å². The fraction of sp³-hybridized carbons (Fsp3) is 0.206. The van der Waals surface area contributed by atoms with Gasteiger partial charge in [0.05, 0.1) is 16.9 Å². The van der Waals surface area contributed by atoms with Crippen LogP contribution in [0.15, 0.2) is 95.5 Å². The van der Waals surface area contributed by atoms with E-state index in [4.69, 9.17) is 4.74 Å². The van der Waals surface area contributed by atoms with Crippen molar-refractivity contribution in [2.75, 3.05) is 5.32 Å². The van der Waals surface area contributed by atoms with Gasteiger partial charge in [-0.3, -0.25) is 9.36 Å². The number of aromatic nitrogens is 4. The summed E-state index contributed by atoms with van der Waals surface area (Å²) < 4.78 is 7.14. The number of benzene rings is 3. The van der Waals surface area contributed by atoms with Crippen LogP contribution in [0.5, 0.6) is 0 Å². The smallest absolute Gasteiger partial charge is 0.407 e. The third kappa shape index (κ3) is 6.02. The molecule has 6 aromatic rings. The van der Waals surface area contributed by atoms with Crippen LogP contribution in [0.4, 0.5) is 10.6 Å². The number of para-hydroxylation sites is 1. The van der Waals surface area contributed by atoms with Gasteiger partial charge in [0.15, 0.2) is 5.82 Å². The molecule has 6 rings (SSSR count). The minimum atomic E-state index is -0.582. The number of ether oxygens (including phenoxy) is 1. The average molecular weight is 605 g/mol. The summed E-state index contributed by atoms with van der Waals surface area (Å²) in [5.74, 6) is 0.612. The Hall–Kier alpha value is -5.09. The van der Waals surface area contributed by atoms with Crippen LogP contribution >= 0.6 is 11.3 Å². The molecule has 0 aliphatic rings. The minimum Gasteiger partial charge on any atom is -0.444 e. The van der Waals surface area contributed by atoms with Gasteiger partial charge in [-0.1, -0.05) is 54.6 Å². The van der Waals surface area contributed by atoms with Gasteiger partial charge in [0.2, 0.25) is 0 Å². The normalized spacial score (nSPS) is 12.3. The number of carbonyl (C=O) groups is 1. The average Bonchev–Trinajstić information content (AvgIpc) is 3.49. The molecule has 1 amide bonds. The van der Waals surface area contributed by atoms with Crippen LogP contribution in [0.25, 0.3) is 37.9 Å². The van der Waals surface area contributed by atoms with E-state index >= 15 is 0 Å². The van der Waals surface area contributed by atoms with Crippen LogP contribution in [0, 0.1) is 0 Å². The van der Waals surface area contributed by atoms with E-state index < -0.39 is 11.7 Å². The topological polar surface area (TPSA) is 111 Å². The van der Waals surface area contributed by atoms with Gasteiger partial charge < -0.3 is 15.4 Å². The first-order valence-corrected chi connectivity index (χ1v) is 15.2. The molecule has 10 heteroatoms. The van der Waals surface area contributed by atoms with E-state index in [1.165, 1.54) is 17.7 Å². The van der Waals surface area contributed by atoms with Crippen molar-refractivity contribution in [1.29, 1.82) is 0 Å². The maximum Gasteiger partial charge on any atom is 0.407 e. The quantitative estimate of drug-likeness (QED) is 0.197. The molecule has 0 aliphatic heterocycles. The second-order valence-corrected chi connectivity index (χ2v) is 12.3. The standard InChI is InChI=1S/C34H32N6O3S/c1-21(39-30-29-31(37-19-36-30)44-20-38-29)27-17-24-12-9-15-26(28(24)32(41)40(27)25-13-6-5-7-14-25)23-11-8-10-22(16-23)18-35-33(42)43-34(2,3)4/h5-17,19-21H,18H2,1-4H3,(H,35,42)(H,36,37,39). The van der Waals surface area contributed by atoms with E-state index in [9.17, 15) is 9.59 Å². The van der Waals surface area contributed by atoms with Gasteiger partial charge >= 0.3 is 6.09 Å². The number of fused-ring (bicyclic) bond motifs is 2. The monoisotopic (exact) mass is 604 g/mol. The number of anilines is 1. The summed E-state index contributed by atoms with van der Waals surface area (Å²) in [6.07, 6.45) is 1.04. The van der Waals surface area contributed by atoms with Crippen LogP contribution < -0.4 is 16.2 Å². The molecule has 222 valence electrons. The summed E-state index contributed by atoms with van der Waals surface area (Å²) >= 11 is 1.45. The Labute approximate surface area is 258 Å². The van der Waals surface area contributed by atoms with Gasteiger partial charge in [-0.15, -0.1) is 11.3 Å². The summed E-state index contributed by atoms with van der Waals surface area (Å²) in [6.45, 7) is 7.78. The Morgan fingerprint density at radius 3 is 2.57 bits per heavy atom. The molecule has 3 aromatic carbocycles. The first kappa shape index (κ1) is 29.0. The Kier molecular flexibility index (Phi) is 7.84. The first-order valence-electron chi connectivity index (χ1n) is 14.3. The van der Waals surface area contributed by atoms with Crippen molar-refractivity contribution in [3.05, 3.63) is 112 Å². The van der Waals surface area contributed by atoms with Gasteiger partial charge in [0, 0.05) is 17.9 Å². The lowest BCUT2D eigenvalue weighted by atomic mass is 9.96. The second kappa shape index (κ2) is 11.9. The zero-order valence-corrected chi connectivity index (χ0v) is 25.7. The van der Waals surface area contributed by atoms with Crippen molar-refractivity contribution >= 4 is 44.4 Å². The van der Waals surface area contributed by atoms with Crippen molar-refractivity contribution in [2.45, 2.75) is 45.9 Å². The fourth-order valence-corrected chi connectivity index (χ4v) is 5.83.